The van der Waals surface area contributed by atoms with E-state index < -0.39 is 6.04 Å². The Labute approximate surface area is 177 Å². The minimum atomic E-state index is -0.494. The number of carbonyl (C=O) groups is 1. The lowest BCUT2D eigenvalue weighted by Gasteiger charge is -2.19. The molecule has 1 unspecified atom stereocenters. The monoisotopic (exact) mass is 404 g/mol. The molecule has 3 rings (SSSR count). The summed E-state index contributed by atoms with van der Waals surface area (Å²) in [5, 5.41) is 6.35. The smallest absolute Gasteiger partial charge is 0.242 e. The number of nitrogens with zero attached hydrogens (tertiary/aromatic N) is 2. The highest BCUT2D eigenvalue weighted by Crippen LogP contribution is 2.19. The van der Waals surface area contributed by atoms with E-state index in [9.17, 15) is 4.79 Å². The second kappa shape index (κ2) is 11.7. The summed E-state index contributed by atoms with van der Waals surface area (Å²) in [4.78, 5) is 21.2. The Balaban J connectivity index is 1.68. The van der Waals surface area contributed by atoms with E-state index in [1.54, 1.807) is 24.8 Å². The molecule has 156 valence electrons. The largest absolute Gasteiger partial charge is 0.494 e. The molecule has 0 saturated carbocycles. The number of rotatable bonds is 11. The van der Waals surface area contributed by atoms with Crippen molar-refractivity contribution in [3.8, 4) is 5.75 Å². The first-order chi connectivity index (χ1) is 14.8. The summed E-state index contributed by atoms with van der Waals surface area (Å²) in [6, 6.07) is 14.9. The van der Waals surface area contributed by atoms with Gasteiger partial charge < -0.3 is 10.1 Å². The van der Waals surface area contributed by atoms with Crippen LogP contribution in [0.4, 0.5) is 0 Å². The third-order valence-electron chi connectivity index (χ3n) is 4.66. The van der Waals surface area contributed by atoms with Crippen LogP contribution in [0.3, 0.4) is 0 Å². The maximum atomic E-state index is 13.0. The number of amides is 1. The Kier molecular flexibility index (Phi) is 8.35. The molecule has 30 heavy (non-hydrogen) atoms. The molecule has 0 fully saturated rings. The fourth-order valence-corrected chi connectivity index (χ4v) is 2.97. The first-order valence-electron chi connectivity index (χ1n) is 10.3. The summed E-state index contributed by atoms with van der Waals surface area (Å²) in [5.74, 6) is 0.719. The Morgan fingerprint density at radius 2 is 1.63 bits per heavy atom. The van der Waals surface area contributed by atoms with Crippen LogP contribution in [-0.2, 0) is 17.9 Å². The fraction of sp³-hybridized carbons (Fsp3) is 0.292. The molecule has 6 heteroatoms. The van der Waals surface area contributed by atoms with Gasteiger partial charge in [0.2, 0.25) is 5.91 Å². The van der Waals surface area contributed by atoms with Crippen LogP contribution in [0.15, 0.2) is 73.3 Å². The highest BCUT2D eigenvalue weighted by atomic mass is 16.5. The number of carbonyl (C=O) groups excluding carboxylic acids is 1. The minimum absolute atomic E-state index is 0.0950. The van der Waals surface area contributed by atoms with Crippen LogP contribution in [0.1, 0.15) is 42.5 Å². The highest BCUT2D eigenvalue weighted by Gasteiger charge is 2.20. The molecule has 0 bridgehead atoms. The van der Waals surface area contributed by atoms with Gasteiger partial charge in [-0.2, -0.15) is 0 Å². The summed E-state index contributed by atoms with van der Waals surface area (Å²) in [6.07, 6.45) is 9.11. The van der Waals surface area contributed by atoms with Gasteiger partial charge in [0, 0.05) is 37.9 Å². The maximum absolute atomic E-state index is 13.0. The van der Waals surface area contributed by atoms with Crippen molar-refractivity contribution in [2.24, 2.45) is 0 Å². The number of hydrogen-bond donors (Lipinski definition) is 2. The van der Waals surface area contributed by atoms with Crippen LogP contribution in [0.5, 0.6) is 5.75 Å². The SMILES string of the molecule is CCCCOc1ccc(C(NCc2cccnc2)C(=O)NCc2cccnc2)cc1. The summed E-state index contributed by atoms with van der Waals surface area (Å²) >= 11 is 0. The van der Waals surface area contributed by atoms with Gasteiger partial charge in [-0.1, -0.05) is 37.6 Å². The molecular weight excluding hydrogens is 376 g/mol. The van der Waals surface area contributed by atoms with Gasteiger partial charge in [-0.3, -0.25) is 20.1 Å². The topological polar surface area (TPSA) is 76.1 Å². The van der Waals surface area contributed by atoms with Crippen LogP contribution >= 0.6 is 0 Å². The number of benzene rings is 1. The highest BCUT2D eigenvalue weighted by molar-refractivity contribution is 5.83. The molecule has 0 radical (unpaired) electrons. The van der Waals surface area contributed by atoms with Gasteiger partial charge in [-0.15, -0.1) is 0 Å². The van der Waals surface area contributed by atoms with E-state index in [0.29, 0.717) is 19.7 Å². The normalized spacial score (nSPS) is 11.6. The molecule has 0 aliphatic carbocycles. The summed E-state index contributed by atoms with van der Waals surface area (Å²) in [6.45, 7) is 3.79. The summed E-state index contributed by atoms with van der Waals surface area (Å²) in [7, 11) is 0. The average molecular weight is 405 g/mol. The van der Waals surface area contributed by atoms with Gasteiger partial charge >= 0.3 is 0 Å². The fourth-order valence-electron chi connectivity index (χ4n) is 2.97. The van der Waals surface area contributed by atoms with Crippen molar-refractivity contribution in [2.45, 2.75) is 38.9 Å². The van der Waals surface area contributed by atoms with Gasteiger partial charge in [-0.05, 0) is 47.4 Å². The van der Waals surface area contributed by atoms with Crippen molar-refractivity contribution in [3.05, 3.63) is 90.0 Å². The Morgan fingerprint density at radius 3 is 2.23 bits per heavy atom. The standard InChI is InChI=1S/C24H28N4O2/c1-2-3-14-30-22-10-8-21(9-11-22)23(27-17-19-6-4-12-25-15-19)24(29)28-18-20-7-5-13-26-16-20/h4-13,15-16,23,27H,2-3,14,17-18H2,1H3,(H,28,29). The summed E-state index contributed by atoms with van der Waals surface area (Å²) in [5.41, 5.74) is 2.85. The molecule has 0 aliphatic rings. The predicted molar refractivity (Wildman–Crippen MR) is 117 cm³/mol. The molecule has 2 heterocycles. The zero-order valence-corrected chi connectivity index (χ0v) is 17.3. The lowest BCUT2D eigenvalue weighted by Crippen LogP contribution is -2.37. The number of pyridine rings is 2. The molecule has 0 spiro atoms. The number of nitrogens with one attached hydrogen (secondary N) is 2. The molecule has 3 aromatic rings. The number of unbranched alkanes of at least 4 members (excludes halogenated alkanes) is 1. The number of aromatic nitrogens is 2. The quantitative estimate of drug-likeness (QED) is 0.476. The first kappa shape index (κ1) is 21.5. The van der Waals surface area contributed by atoms with Crippen LogP contribution < -0.4 is 15.4 Å². The molecule has 6 nitrogen and oxygen atoms in total. The molecule has 1 amide bonds. The number of hydrogen-bond acceptors (Lipinski definition) is 5. The zero-order valence-electron chi connectivity index (χ0n) is 17.3. The van der Waals surface area contributed by atoms with Crippen LogP contribution in [0, 0.1) is 0 Å². The van der Waals surface area contributed by atoms with Gasteiger partial charge in [0.25, 0.3) is 0 Å². The van der Waals surface area contributed by atoms with Gasteiger partial charge in [0.15, 0.2) is 0 Å². The summed E-state index contributed by atoms with van der Waals surface area (Å²) < 4.78 is 5.74. The van der Waals surface area contributed by atoms with E-state index in [4.69, 9.17) is 4.74 Å². The Hall–Kier alpha value is -3.25. The molecule has 0 aliphatic heterocycles. The van der Waals surface area contributed by atoms with Crippen molar-refractivity contribution in [1.82, 2.24) is 20.6 Å². The van der Waals surface area contributed by atoms with Crippen LogP contribution in [0.2, 0.25) is 0 Å². The molecule has 1 aromatic carbocycles. The molecule has 2 aromatic heterocycles. The number of ether oxygens (including phenoxy) is 1. The maximum Gasteiger partial charge on any atom is 0.242 e. The van der Waals surface area contributed by atoms with Crippen molar-refractivity contribution >= 4 is 5.91 Å². The zero-order chi connectivity index (χ0) is 21.0. The van der Waals surface area contributed by atoms with Gasteiger partial charge in [0.05, 0.1) is 6.61 Å². The van der Waals surface area contributed by atoms with E-state index in [0.717, 1.165) is 35.3 Å². The minimum Gasteiger partial charge on any atom is -0.494 e. The third-order valence-corrected chi connectivity index (χ3v) is 4.66. The third kappa shape index (κ3) is 6.67. The lowest BCUT2D eigenvalue weighted by atomic mass is 10.1. The molecule has 1 atom stereocenters. The van der Waals surface area contributed by atoms with E-state index in [1.165, 1.54) is 0 Å². The second-order valence-corrected chi connectivity index (χ2v) is 7.03. The lowest BCUT2D eigenvalue weighted by molar-refractivity contribution is -0.123. The Bertz CT molecular complexity index is 886. The van der Waals surface area contributed by atoms with Crippen molar-refractivity contribution < 1.29 is 9.53 Å². The van der Waals surface area contributed by atoms with E-state index in [2.05, 4.69) is 27.5 Å². The van der Waals surface area contributed by atoms with Crippen molar-refractivity contribution in [1.29, 1.82) is 0 Å². The van der Waals surface area contributed by atoms with Crippen LogP contribution in [0.25, 0.3) is 0 Å². The van der Waals surface area contributed by atoms with Crippen molar-refractivity contribution in [3.63, 3.8) is 0 Å². The van der Waals surface area contributed by atoms with E-state index in [-0.39, 0.29) is 5.91 Å². The molecule has 2 N–H and O–H groups in total. The second-order valence-electron chi connectivity index (χ2n) is 7.03. The van der Waals surface area contributed by atoms with E-state index >= 15 is 0 Å². The molecular formula is C24H28N4O2. The molecule has 0 saturated heterocycles. The first-order valence-corrected chi connectivity index (χ1v) is 10.3. The average Bonchev–Trinajstić information content (AvgIpc) is 2.80. The van der Waals surface area contributed by atoms with Crippen LogP contribution in [-0.4, -0.2) is 22.5 Å². The Morgan fingerprint density at radius 1 is 0.967 bits per heavy atom. The van der Waals surface area contributed by atoms with Crippen molar-refractivity contribution in [2.75, 3.05) is 6.61 Å². The van der Waals surface area contributed by atoms with Gasteiger partial charge in [-0.25, -0.2) is 0 Å². The predicted octanol–water partition coefficient (Wildman–Crippen LogP) is 3.80. The van der Waals surface area contributed by atoms with E-state index in [1.807, 2.05) is 48.5 Å². The van der Waals surface area contributed by atoms with Gasteiger partial charge in [0.1, 0.15) is 11.8 Å².